The molecule has 0 spiro atoms. The molecule has 0 atom stereocenters. The lowest BCUT2D eigenvalue weighted by Crippen LogP contribution is -2.40. The Morgan fingerprint density at radius 2 is 1.88 bits per heavy atom. The van der Waals surface area contributed by atoms with E-state index in [0.29, 0.717) is 25.8 Å². The van der Waals surface area contributed by atoms with Crippen LogP contribution in [0, 0.1) is 0 Å². The predicted octanol–water partition coefficient (Wildman–Crippen LogP) is 0.0679. The Bertz CT molecular complexity index is 338. The van der Waals surface area contributed by atoms with Gasteiger partial charge in [0, 0.05) is 25.0 Å². The van der Waals surface area contributed by atoms with Crippen LogP contribution in [0.25, 0.3) is 0 Å². The summed E-state index contributed by atoms with van der Waals surface area (Å²) in [6.45, 7) is 4.47. The van der Waals surface area contributed by atoms with Gasteiger partial charge in [-0.3, -0.25) is 4.79 Å². The molecule has 1 heterocycles. The zero-order valence-corrected chi connectivity index (χ0v) is 11.3. The van der Waals surface area contributed by atoms with Crippen molar-refractivity contribution in [3.8, 4) is 0 Å². The normalized spacial score (nSPS) is 20.4. The van der Waals surface area contributed by atoms with Gasteiger partial charge in [-0.1, -0.05) is 0 Å². The lowest BCUT2D eigenvalue weighted by molar-refractivity contribution is -0.121. The van der Waals surface area contributed by atoms with Crippen molar-refractivity contribution in [2.24, 2.45) is 0 Å². The summed E-state index contributed by atoms with van der Waals surface area (Å²) in [6.07, 6.45) is 1.77. The second-order valence-electron chi connectivity index (χ2n) is 4.85. The molecule has 100 valence electrons. The van der Waals surface area contributed by atoms with Gasteiger partial charge >= 0.3 is 0 Å². The Morgan fingerprint density at radius 1 is 1.29 bits per heavy atom. The van der Waals surface area contributed by atoms with Gasteiger partial charge in [-0.05, 0) is 26.7 Å². The summed E-state index contributed by atoms with van der Waals surface area (Å²) in [7, 11) is -2.79. The largest absolute Gasteiger partial charge is 0.354 e. The molecule has 0 aromatic rings. The van der Waals surface area contributed by atoms with Crippen molar-refractivity contribution in [1.82, 2.24) is 10.6 Å². The molecular weight excluding hydrogens is 240 g/mol. The van der Waals surface area contributed by atoms with Crippen molar-refractivity contribution < 1.29 is 13.2 Å². The first-order chi connectivity index (χ1) is 7.89. The summed E-state index contributed by atoms with van der Waals surface area (Å²) in [6, 6.07) is 0.410. The molecule has 1 amide bonds. The fourth-order valence-corrected chi connectivity index (χ4v) is 3.37. The minimum atomic E-state index is -2.79. The molecule has 0 aromatic carbocycles. The smallest absolute Gasteiger partial charge is 0.221 e. The Hall–Kier alpha value is -0.620. The number of carbonyl (C=O) groups excluding carboxylic acids is 1. The lowest BCUT2D eigenvalue weighted by atomic mass is 10.1. The molecule has 1 saturated heterocycles. The SMILES string of the molecule is CC(C)NC(=O)CCNC1CCS(=O)(=O)CC1. The van der Waals surface area contributed by atoms with Gasteiger partial charge in [-0.15, -0.1) is 0 Å². The first kappa shape index (κ1) is 14.4. The van der Waals surface area contributed by atoms with Crippen molar-refractivity contribution >= 4 is 15.7 Å². The van der Waals surface area contributed by atoms with Crippen LogP contribution in [0.2, 0.25) is 0 Å². The van der Waals surface area contributed by atoms with E-state index in [1.165, 1.54) is 0 Å². The summed E-state index contributed by atoms with van der Waals surface area (Å²) in [4.78, 5) is 11.4. The third-order valence-electron chi connectivity index (χ3n) is 2.79. The third-order valence-corrected chi connectivity index (χ3v) is 4.50. The lowest BCUT2D eigenvalue weighted by Gasteiger charge is -2.23. The Morgan fingerprint density at radius 3 is 2.41 bits per heavy atom. The third kappa shape index (κ3) is 6.02. The zero-order chi connectivity index (χ0) is 12.9. The fraction of sp³-hybridized carbons (Fsp3) is 0.909. The van der Waals surface area contributed by atoms with Crippen molar-refractivity contribution in [3.05, 3.63) is 0 Å². The molecule has 0 radical (unpaired) electrons. The summed E-state index contributed by atoms with van der Waals surface area (Å²) in [5.41, 5.74) is 0. The second-order valence-corrected chi connectivity index (χ2v) is 7.16. The highest BCUT2D eigenvalue weighted by molar-refractivity contribution is 7.91. The molecule has 0 saturated carbocycles. The quantitative estimate of drug-likeness (QED) is 0.735. The molecule has 0 unspecified atom stereocenters. The summed E-state index contributed by atoms with van der Waals surface area (Å²) < 4.78 is 22.4. The maximum Gasteiger partial charge on any atom is 0.221 e. The number of hydrogen-bond acceptors (Lipinski definition) is 4. The van der Waals surface area contributed by atoms with Crippen LogP contribution in [0.5, 0.6) is 0 Å². The maximum atomic E-state index is 11.4. The fourth-order valence-electron chi connectivity index (χ4n) is 1.88. The highest BCUT2D eigenvalue weighted by atomic mass is 32.2. The van der Waals surface area contributed by atoms with Gasteiger partial charge in [-0.25, -0.2) is 8.42 Å². The van der Waals surface area contributed by atoms with E-state index in [1.54, 1.807) is 0 Å². The van der Waals surface area contributed by atoms with Crippen LogP contribution in [-0.4, -0.2) is 44.5 Å². The second kappa shape index (κ2) is 6.35. The molecule has 17 heavy (non-hydrogen) atoms. The molecule has 6 heteroatoms. The van der Waals surface area contributed by atoms with E-state index in [0.717, 1.165) is 0 Å². The van der Waals surface area contributed by atoms with Gasteiger partial charge in [0.25, 0.3) is 0 Å². The van der Waals surface area contributed by atoms with E-state index in [1.807, 2.05) is 13.8 Å². The topological polar surface area (TPSA) is 75.3 Å². The van der Waals surface area contributed by atoms with Crippen LogP contribution in [0.3, 0.4) is 0 Å². The first-order valence-corrected chi connectivity index (χ1v) is 7.94. The van der Waals surface area contributed by atoms with E-state index >= 15 is 0 Å². The van der Waals surface area contributed by atoms with Crippen molar-refractivity contribution in [1.29, 1.82) is 0 Å². The van der Waals surface area contributed by atoms with Gasteiger partial charge in [-0.2, -0.15) is 0 Å². The van der Waals surface area contributed by atoms with Gasteiger partial charge in [0.15, 0.2) is 0 Å². The molecular formula is C11H22N2O3S. The number of nitrogens with one attached hydrogen (secondary N) is 2. The van der Waals surface area contributed by atoms with E-state index in [2.05, 4.69) is 10.6 Å². The Labute approximate surface area is 103 Å². The van der Waals surface area contributed by atoms with E-state index in [4.69, 9.17) is 0 Å². The first-order valence-electron chi connectivity index (χ1n) is 6.12. The van der Waals surface area contributed by atoms with E-state index in [9.17, 15) is 13.2 Å². The standard InChI is InChI=1S/C11H22N2O3S/c1-9(2)13-11(14)3-6-12-10-4-7-17(15,16)8-5-10/h9-10,12H,3-8H2,1-2H3,(H,13,14). The van der Waals surface area contributed by atoms with Crippen LogP contribution >= 0.6 is 0 Å². The highest BCUT2D eigenvalue weighted by Gasteiger charge is 2.22. The van der Waals surface area contributed by atoms with Gasteiger partial charge in [0.05, 0.1) is 11.5 Å². The Kier molecular flexibility index (Phi) is 5.39. The van der Waals surface area contributed by atoms with Gasteiger partial charge < -0.3 is 10.6 Å². The van der Waals surface area contributed by atoms with Crippen LogP contribution in [-0.2, 0) is 14.6 Å². The summed E-state index contributed by atoms with van der Waals surface area (Å²) in [5, 5.41) is 6.06. The van der Waals surface area contributed by atoms with Crippen molar-refractivity contribution in [3.63, 3.8) is 0 Å². The van der Waals surface area contributed by atoms with Crippen LogP contribution in [0.4, 0.5) is 0 Å². The van der Waals surface area contributed by atoms with Crippen LogP contribution in [0.1, 0.15) is 33.1 Å². The molecule has 1 aliphatic rings. The highest BCUT2D eigenvalue weighted by Crippen LogP contribution is 2.11. The maximum absolute atomic E-state index is 11.4. The zero-order valence-electron chi connectivity index (χ0n) is 10.5. The minimum Gasteiger partial charge on any atom is -0.354 e. The molecule has 5 nitrogen and oxygen atoms in total. The number of amides is 1. The molecule has 0 aliphatic carbocycles. The van der Waals surface area contributed by atoms with E-state index < -0.39 is 9.84 Å². The minimum absolute atomic E-state index is 0.0379. The van der Waals surface area contributed by atoms with Crippen LogP contribution in [0.15, 0.2) is 0 Å². The summed E-state index contributed by atoms with van der Waals surface area (Å²) in [5.74, 6) is 0.571. The monoisotopic (exact) mass is 262 g/mol. The average molecular weight is 262 g/mol. The Balaban J connectivity index is 2.14. The van der Waals surface area contributed by atoms with Crippen molar-refractivity contribution in [2.45, 2.75) is 45.2 Å². The number of carbonyl (C=O) groups is 1. The number of rotatable bonds is 5. The molecule has 1 aliphatic heterocycles. The molecule has 2 N–H and O–H groups in total. The number of sulfone groups is 1. The molecule has 1 fully saturated rings. The van der Waals surface area contributed by atoms with Crippen LogP contribution < -0.4 is 10.6 Å². The van der Waals surface area contributed by atoms with E-state index in [-0.39, 0.29) is 29.5 Å². The molecule has 0 bridgehead atoms. The summed E-state index contributed by atoms with van der Waals surface area (Å²) >= 11 is 0. The number of hydrogen-bond donors (Lipinski definition) is 2. The predicted molar refractivity (Wildman–Crippen MR) is 67.6 cm³/mol. The molecule has 0 aromatic heterocycles. The van der Waals surface area contributed by atoms with Gasteiger partial charge in [0.1, 0.15) is 9.84 Å². The molecule has 1 rings (SSSR count). The van der Waals surface area contributed by atoms with Crippen molar-refractivity contribution in [2.75, 3.05) is 18.1 Å². The van der Waals surface area contributed by atoms with Gasteiger partial charge in [0.2, 0.25) is 5.91 Å². The average Bonchev–Trinajstić information content (AvgIpc) is 2.19.